The summed E-state index contributed by atoms with van der Waals surface area (Å²) in [5, 5.41) is 3.04. The highest BCUT2D eigenvalue weighted by molar-refractivity contribution is 5.73. The standard InChI is InChI=1S/C17H26N4O2/c1-20(2)16(22)19-15-10-17(23-13-15)5-8-21(9-6-17)12-14-4-3-7-18-11-14/h3-4,7,11,15H,5-6,8-10,12-13H2,1-2H3,(H,19,22). The molecule has 6 nitrogen and oxygen atoms in total. The lowest BCUT2D eigenvalue weighted by molar-refractivity contribution is -0.0449. The zero-order valence-corrected chi connectivity index (χ0v) is 14.0. The number of carbonyl (C=O) groups excluding carboxylic acids is 1. The molecule has 2 amide bonds. The summed E-state index contributed by atoms with van der Waals surface area (Å²) in [6.07, 6.45) is 6.73. The molecule has 1 unspecified atom stereocenters. The number of likely N-dealkylation sites (tertiary alicyclic amines) is 1. The molecule has 2 aliphatic rings. The number of ether oxygens (including phenoxy) is 1. The topological polar surface area (TPSA) is 57.7 Å². The molecule has 1 aromatic rings. The van der Waals surface area contributed by atoms with Gasteiger partial charge in [-0.2, -0.15) is 0 Å². The van der Waals surface area contributed by atoms with Gasteiger partial charge in [0, 0.05) is 46.1 Å². The van der Waals surface area contributed by atoms with E-state index in [4.69, 9.17) is 4.74 Å². The van der Waals surface area contributed by atoms with Gasteiger partial charge >= 0.3 is 6.03 Å². The first kappa shape index (κ1) is 16.2. The molecule has 6 heteroatoms. The van der Waals surface area contributed by atoms with Crippen LogP contribution in [0.15, 0.2) is 24.5 Å². The third-order valence-corrected chi connectivity index (χ3v) is 4.84. The van der Waals surface area contributed by atoms with Gasteiger partial charge in [-0.25, -0.2) is 4.79 Å². The molecule has 126 valence electrons. The Morgan fingerprint density at radius 3 is 2.91 bits per heavy atom. The van der Waals surface area contributed by atoms with E-state index >= 15 is 0 Å². The number of aromatic nitrogens is 1. The number of piperidine rings is 1. The Hall–Kier alpha value is -1.66. The van der Waals surface area contributed by atoms with Gasteiger partial charge in [0.05, 0.1) is 18.2 Å². The molecule has 0 aliphatic carbocycles. The van der Waals surface area contributed by atoms with Crippen molar-refractivity contribution in [3.05, 3.63) is 30.1 Å². The quantitative estimate of drug-likeness (QED) is 0.917. The second-order valence-electron chi connectivity index (χ2n) is 6.88. The van der Waals surface area contributed by atoms with Crippen LogP contribution in [0.3, 0.4) is 0 Å². The van der Waals surface area contributed by atoms with E-state index in [1.54, 1.807) is 19.0 Å². The van der Waals surface area contributed by atoms with Gasteiger partial charge in [0.15, 0.2) is 0 Å². The number of nitrogens with zero attached hydrogens (tertiary/aromatic N) is 3. The number of amides is 2. The lowest BCUT2D eigenvalue weighted by Gasteiger charge is -2.38. The number of urea groups is 1. The van der Waals surface area contributed by atoms with E-state index in [2.05, 4.69) is 21.3 Å². The number of rotatable bonds is 3. The third-order valence-electron chi connectivity index (χ3n) is 4.84. The van der Waals surface area contributed by atoms with Crippen molar-refractivity contribution in [3.8, 4) is 0 Å². The molecule has 3 rings (SSSR count). The Balaban J connectivity index is 1.48. The van der Waals surface area contributed by atoms with E-state index in [1.807, 2.05) is 18.5 Å². The van der Waals surface area contributed by atoms with E-state index in [1.165, 1.54) is 5.56 Å². The molecule has 2 aliphatic heterocycles. The first-order valence-electron chi connectivity index (χ1n) is 8.29. The summed E-state index contributed by atoms with van der Waals surface area (Å²) in [5.74, 6) is 0. The van der Waals surface area contributed by atoms with Gasteiger partial charge in [0.25, 0.3) is 0 Å². The maximum Gasteiger partial charge on any atom is 0.317 e. The van der Waals surface area contributed by atoms with Crippen molar-refractivity contribution in [1.29, 1.82) is 0 Å². The molecule has 0 bridgehead atoms. The molecule has 2 fully saturated rings. The minimum absolute atomic E-state index is 0.0373. The Kier molecular flexibility index (Phi) is 4.82. The Morgan fingerprint density at radius 2 is 2.26 bits per heavy atom. The van der Waals surface area contributed by atoms with Crippen molar-refractivity contribution in [2.75, 3.05) is 33.8 Å². The second-order valence-corrected chi connectivity index (χ2v) is 6.88. The van der Waals surface area contributed by atoms with Crippen LogP contribution in [0, 0.1) is 0 Å². The maximum atomic E-state index is 11.8. The lowest BCUT2D eigenvalue weighted by atomic mass is 9.87. The van der Waals surface area contributed by atoms with Crippen molar-refractivity contribution < 1.29 is 9.53 Å². The molecule has 1 aromatic heterocycles. The first-order chi connectivity index (χ1) is 11.1. The van der Waals surface area contributed by atoms with Crippen molar-refractivity contribution in [2.24, 2.45) is 0 Å². The summed E-state index contributed by atoms with van der Waals surface area (Å²) < 4.78 is 6.10. The highest BCUT2D eigenvalue weighted by Gasteiger charge is 2.43. The van der Waals surface area contributed by atoms with Crippen molar-refractivity contribution in [3.63, 3.8) is 0 Å². The van der Waals surface area contributed by atoms with Crippen LogP contribution in [0.4, 0.5) is 4.79 Å². The zero-order chi connectivity index (χ0) is 16.3. The van der Waals surface area contributed by atoms with Crippen LogP contribution in [0.5, 0.6) is 0 Å². The number of hydrogen-bond acceptors (Lipinski definition) is 4. The van der Waals surface area contributed by atoms with E-state index in [0.29, 0.717) is 6.61 Å². The lowest BCUT2D eigenvalue weighted by Crippen LogP contribution is -2.45. The normalized spacial score (nSPS) is 23.8. The zero-order valence-electron chi connectivity index (χ0n) is 14.0. The van der Waals surface area contributed by atoms with Crippen LogP contribution in [0.2, 0.25) is 0 Å². The van der Waals surface area contributed by atoms with Gasteiger partial charge in [-0.3, -0.25) is 9.88 Å². The number of carbonyl (C=O) groups is 1. The summed E-state index contributed by atoms with van der Waals surface area (Å²) in [4.78, 5) is 20.0. The highest BCUT2D eigenvalue weighted by atomic mass is 16.5. The fourth-order valence-electron chi connectivity index (χ4n) is 3.46. The molecular weight excluding hydrogens is 292 g/mol. The molecule has 0 saturated carbocycles. The van der Waals surface area contributed by atoms with E-state index in [-0.39, 0.29) is 17.7 Å². The third kappa shape index (κ3) is 4.00. The van der Waals surface area contributed by atoms with Crippen LogP contribution in [-0.4, -0.2) is 66.2 Å². The largest absolute Gasteiger partial charge is 0.373 e. The van der Waals surface area contributed by atoms with Crippen LogP contribution in [-0.2, 0) is 11.3 Å². The molecular formula is C17H26N4O2. The molecule has 3 heterocycles. The Morgan fingerprint density at radius 1 is 1.48 bits per heavy atom. The summed E-state index contributed by atoms with van der Waals surface area (Å²) in [7, 11) is 3.52. The average Bonchev–Trinajstić information content (AvgIpc) is 2.93. The maximum absolute atomic E-state index is 11.8. The fraction of sp³-hybridized carbons (Fsp3) is 0.647. The molecule has 1 spiro atoms. The summed E-state index contributed by atoms with van der Waals surface area (Å²) in [5.41, 5.74) is 1.21. The van der Waals surface area contributed by atoms with Crippen molar-refractivity contribution in [2.45, 2.75) is 37.5 Å². The predicted molar refractivity (Wildman–Crippen MR) is 88.1 cm³/mol. The monoisotopic (exact) mass is 318 g/mol. The molecule has 0 radical (unpaired) electrons. The number of nitrogens with one attached hydrogen (secondary N) is 1. The Bertz CT molecular complexity index is 527. The van der Waals surface area contributed by atoms with Crippen LogP contribution < -0.4 is 5.32 Å². The van der Waals surface area contributed by atoms with Crippen LogP contribution in [0.25, 0.3) is 0 Å². The summed E-state index contributed by atoms with van der Waals surface area (Å²) >= 11 is 0. The SMILES string of the molecule is CN(C)C(=O)NC1COC2(CCN(Cc3cccnc3)CC2)C1. The van der Waals surface area contributed by atoms with Gasteiger partial charge in [-0.05, 0) is 30.9 Å². The van der Waals surface area contributed by atoms with Gasteiger partial charge in [0.1, 0.15) is 0 Å². The molecule has 0 aromatic carbocycles. The minimum Gasteiger partial charge on any atom is -0.373 e. The highest BCUT2D eigenvalue weighted by Crippen LogP contribution is 2.36. The molecule has 23 heavy (non-hydrogen) atoms. The van der Waals surface area contributed by atoms with Gasteiger partial charge < -0.3 is 15.0 Å². The molecule has 2 saturated heterocycles. The molecule has 1 atom stereocenters. The van der Waals surface area contributed by atoms with E-state index < -0.39 is 0 Å². The van der Waals surface area contributed by atoms with Gasteiger partial charge in [-0.1, -0.05) is 6.07 Å². The van der Waals surface area contributed by atoms with Crippen LogP contribution >= 0.6 is 0 Å². The van der Waals surface area contributed by atoms with E-state index in [9.17, 15) is 4.79 Å². The van der Waals surface area contributed by atoms with Gasteiger partial charge in [-0.15, -0.1) is 0 Å². The summed E-state index contributed by atoms with van der Waals surface area (Å²) in [6.45, 7) is 3.64. The fourth-order valence-corrected chi connectivity index (χ4v) is 3.46. The Labute approximate surface area is 137 Å². The number of pyridine rings is 1. The van der Waals surface area contributed by atoms with Gasteiger partial charge in [0.2, 0.25) is 0 Å². The van der Waals surface area contributed by atoms with Crippen LogP contribution in [0.1, 0.15) is 24.8 Å². The smallest absolute Gasteiger partial charge is 0.317 e. The van der Waals surface area contributed by atoms with E-state index in [0.717, 1.165) is 38.9 Å². The second kappa shape index (κ2) is 6.84. The average molecular weight is 318 g/mol. The minimum atomic E-state index is -0.0459. The summed E-state index contributed by atoms with van der Waals surface area (Å²) in [6, 6.07) is 4.20. The first-order valence-corrected chi connectivity index (χ1v) is 8.29. The van der Waals surface area contributed by atoms with Crippen molar-refractivity contribution >= 4 is 6.03 Å². The predicted octanol–water partition coefficient (Wildman–Crippen LogP) is 1.48. The number of hydrogen-bond donors (Lipinski definition) is 1. The van der Waals surface area contributed by atoms with Crippen molar-refractivity contribution in [1.82, 2.24) is 20.1 Å². The molecule has 1 N–H and O–H groups in total.